The standard InChI is InChI=1S/C40H69NO5S/c1-3-5-7-9-11-13-14-15-16-17-18-19-20-21-22-23-24-25-26-28-30-32-34-36-40(43)41-38(37-47(44,45)46)39(42)35-33-31-29-27-12-10-8-6-4-2/h5,7,11-13,15-16,18-19,27,33,35,38-39,42H,3-4,6,8-10,14,17,20-26,28-32,34,36-37H2,1-2H3,(H,41,43)(H,44,45,46)/b7-5-,13-11-,16-15-,19-18-,27-12+,35-33+. The second kappa shape index (κ2) is 33.7. The number of hydrogen-bond donors (Lipinski definition) is 3. The van der Waals surface area contributed by atoms with Gasteiger partial charge in [-0.3, -0.25) is 9.35 Å². The summed E-state index contributed by atoms with van der Waals surface area (Å²) in [7, 11) is -4.35. The first-order valence-electron chi connectivity index (χ1n) is 18.6. The van der Waals surface area contributed by atoms with Crippen molar-refractivity contribution in [3.8, 4) is 0 Å². The second-order valence-corrected chi connectivity index (χ2v) is 14.0. The van der Waals surface area contributed by atoms with Crippen LogP contribution in [0.2, 0.25) is 0 Å². The van der Waals surface area contributed by atoms with Gasteiger partial charge in [0.05, 0.1) is 17.9 Å². The van der Waals surface area contributed by atoms with E-state index in [0.717, 1.165) is 70.6 Å². The highest BCUT2D eigenvalue weighted by Gasteiger charge is 2.24. The lowest BCUT2D eigenvalue weighted by Gasteiger charge is -2.21. The van der Waals surface area contributed by atoms with Crippen LogP contribution < -0.4 is 5.32 Å². The molecule has 0 saturated heterocycles. The Morgan fingerprint density at radius 1 is 0.596 bits per heavy atom. The number of nitrogens with one attached hydrogen (secondary N) is 1. The van der Waals surface area contributed by atoms with Crippen LogP contribution in [0.1, 0.15) is 155 Å². The predicted octanol–water partition coefficient (Wildman–Crippen LogP) is 10.7. The zero-order valence-electron chi connectivity index (χ0n) is 29.9. The minimum Gasteiger partial charge on any atom is -0.387 e. The second-order valence-electron chi connectivity index (χ2n) is 12.5. The largest absolute Gasteiger partial charge is 0.387 e. The van der Waals surface area contributed by atoms with Crippen molar-refractivity contribution in [2.45, 2.75) is 167 Å². The minimum atomic E-state index is -4.35. The third-order valence-electron chi connectivity index (χ3n) is 7.87. The van der Waals surface area contributed by atoms with Gasteiger partial charge in [-0.25, -0.2) is 0 Å². The van der Waals surface area contributed by atoms with Crippen LogP contribution in [0, 0.1) is 0 Å². The molecule has 1 amide bonds. The van der Waals surface area contributed by atoms with Gasteiger partial charge < -0.3 is 10.4 Å². The van der Waals surface area contributed by atoms with E-state index in [1.807, 2.05) is 0 Å². The molecule has 0 aliphatic rings. The molecule has 0 bridgehead atoms. The van der Waals surface area contributed by atoms with Crippen molar-refractivity contribution in [1.82, 2.24) is 5.32 Å². The van der Waals surface area contributed by atoms with E-state index in [4.69, 9.17) is 0 Å². The van der Waals surface area contributed by atoms with E-state index in [2.05, 4.69) is 79.9 Å². The molecule has 0 aromatic rings. The molecule has 2 atom stereocenters. The third-order valence-corrected chi connectivity index (χ3v) is 8.65. The molecule has 6 nitrogen and oxygen atoms in total. The first-order chi connectivity index (χ1) is 22.8. The smallest absolute Gasteiger partial charge is 0.267 e. The Balaban J connectivity index is 3.90. The van der Waals surface area contributed by atoms with Crippen LogP contribution >= 0.6 is 0 Å². The molecule has 0 aromatic heterocycles. The summed E-state index contributed by atoms with van der Waals surface area (Å²) in [4.78, 5) is 12.4. The van der Waals surface area contributed by atoms with Crippen molar-refractivity contribution in [3.05, 3.63) is 72.9 Å². The number of carbonyl (C=O) groups is 1. The molecule has 0 aliphatic heterocycles. The summed E-state index contributed by atoms with van der Waals surface area (Å²) >= 11 is 0. The highest BCUT2D eigenvalue weighted by molar-refractivity contribution is 7.85. The van der Waals surface area contributed by atoms with Crippen molar-refractivity contribution in [2.75, 3.05) is 5.75 Å². The molecule has 0 radical (unpaired) electrons. The summed E-state index contributed by atoms with van der Waals surface area (Å²) in [5.74, 6) is -1.02. The first kappa shape index (κ1) is 44.8. The van der Waals surface area contributed by atoms with Gasteiger partial charge in [-0.05, 0) is 70.6 Å². The molecular formula is C40H69NO5S. The maximum atomic E-state index is 12.4. The fourth-order valence-electron chi connectivity index (χ4n) is 5.10. The SMILES string of the molecule is CC/C=C\C/C=C\C/C=C\C/C=C\CCCCCCCCCCCCC(=O)NC(CS(=O)(=O)O)C(O)/C=C/CC/C=C/CCCCC. The van der Waals surface area contributed by atoms with Gasteiger partial charge in [0.15, 0.2) is 0 Å². The zero-order valence-corrected chi connectivity index (χ0v) is 30.7. The molecule has 270 valence electrons. The predicted molar refractivity (Wildman–Crippen MR) is 202 cm³/mol. The maximum absolute atomic E-state index is 12.4. The third kappa shape index (κ3) is 34.9. The van der Waals surface area contributed by atoms with Crippen LogP contribution in [0.4, 0.5) is 0 Å². The summed E-state index contributed by atoms with van der Waals surface area (Å²) in [6.07, 6.45) is 47.6. The van der Waals surface area contributed by atoms with E-state index in [-0.39, 0.29) is 12.3 Å². The van der Waals surface area contributed by atoms with E-state index in [9.17, 15) is 22.9 Å². The maximum Gasteiger partial charge on any atom is 0.267 e. The van der Waals surface area contributed by atoms with Crippen molar-refractivity contribution in [3.63, 3.8) is 0 Å². The van der Waals surface area contributed by atoms with Gasteiger partial charge in [0.2, 0.25) is 5.91 Å². The summed E-state index contributed by atoms with van der Waals surface area (Å²) in [5.41, 5.74) is 0. The van der Waals surface area contributed by atoms with E-state index in [0.29, 0.717) is 6.42 Å². The molecule has 0 rings (SSSR count). The van der Waals surface area contributed by atoms with Crippen LogP contribution in [-0.4, -0.2) is 41.9 Å². The van der Waals surface area contributed by atoms with Crippen LogP contribution in [0.15, 0.2) is 72.9 Å². The molecule has 0 aliphatic carbocycles. The van der Waals surface area contributed by atoms with E-state index >= 15 is 0 Å². The Morgan fingerprint density at radius 2 is 1.04 bits per heavy atom. The Kier molecular flexibility index (Phi) is 32.1. The molecule has 0 saturated carbocycles. The number of allylic oxidation sites excluding steroid dienone is 11. The van der Waals surface area contributed by atoms with Gasteiger partial charge in [0.1, 0.15) is 0 Å². The minimum absolute atomic E-state index is 0.278. The molecule has 0 spiro atoms. The van der Waals surface area contributed by atoms with Crippen LogP contribution in [-0.2, 0) is 14.9 Å². The van der Waals surface area contributed by atoms with Crippen molar-refractivity contribution >= 4 is 16.0 Å². The van der Waals surface area contributed by atoms with Crippen LogP contribution in [0.25, 0.3) is 0 Å². The fourth-order valence-corrected chi connectivity index (χ4v) is 5.84. The molecule has 47 heavy (non-hydrogen) atoms. The van der Waals surface area contributed by atoms with E-state index in [1.165, 1.54) is 63.9 Å². The molecule has 7 heteroatoms. The normalized spacial score (nSPS) is 14.2. The first-order valence-corrected chi connectivity index (χ1v) is 20.2. The highest BCUT2D eigenvalue weighted by atomic mass is 32.2. The Labute approximate surface area is 289 Å². The highest BCUT2D eigenvalue weighted by Crippen LogP contribution is 2.13. The number of hydrogen-bond acceptors (Lipinski definition) is 4. The summed E-state index contributed by atoms with van der Waals surface area (Å²) in [5, 5.41) is 13.1. The number of rotatable bonds is 32. The molecule has 0 heterocycles. The van der Waals surface area contributed by atoms with Crippen LogP contribution in [0.5, 0.6) is 0 Å². The van der Waals surface area contributed by atoms with Gasteiger partial charge in [0, 0.05) is 6.42 Å². The van der Waals surface area contributed by atoms with Gasteiger partial charge in [0.25, 0.3) is 10.1 Å². The lowest BCUT2D eigenvalue weighted by atomic mass is 10.0. The number of aliphatic hydroxyl groups is 1. The number of unbranched alkanes of at least 4 members (excludes halogenated alkanes) is 14. The molecule has 2 unspecified atom stereocenters. The van der Waals surface area contributed by atoms with Crippen molar-refractivity contribution in [1.29, 1.82) is 0 Å². The number of aliphatic hydroxyl groups excluding tert-OH is 1. The summed E-state index contributed by atoms with van der Waals surface area (Å²) < 4.78 is 32.3. The number of amides is 1. The van der Waals surface area contributed by atoms with Crippen LogP contribution in [0.3, 0.4) is 0 Å². The van der Waals surface area contributed by atoms with Gasteiger partial charge >= 0.3 is 0 Å². The molecule has 0 aromatic carbocycles. The summed E-state index contributed by atoms with van der Waals surface area (Å²) in [6, 6.07) is -1.08. The average molecular weight is 676 g/mol. The van der Waals surface area contributed by atoms with Crippen molar-refractivity contribution in [2.24, 2.45) is 0 Å². The molecular weight excluding hydrogens is 607 g/mol. The lowest BCUT2D eigenvalue weighted by Crippen LogP contribution is -2.46. The Morgan fingerprint density at radius 3 is 1.60 bits per heavy atom. The van der Waals surface area contributed by atoms with Crippen molar-refractivity contribution < 1.29 is 22.9 Å². The Hall–Kier alpha value is -2.22. The fraction of sp³-hybridized carbons (Fsp3) is 0.675. The average Bonchev–Trinajstić information content (AvgIpc) is 3.03. The van der Waals surface area contributed by atoms with Gasteiger partial charge in [-0.15, -0.1) is 0 Å². The van der Waals surface area contributed by atoms with E-state index in [1.54, 1.807) is 6.08 Å². The van der Waals surface area contributed by atoms with Gasteiger partial charge in [-0.1, -0.05) is 151 Å². The monoisotopic (exact) mass is 675 g/mol. The Bertz CT molecular complexity index is 1010. The number of carbonyl (C=O) groups excluding carboxylic acids is 1. The molecule has 3 N–H and O–H groups in total. The quantitative estimate of drug-likeness (QED) is 0.0374. The summed E-state index contributed by atoms with van der Waals surface area (Å²) in [6.45, 7) is 4.33. The van der Waals surface area contributed by atoms with Gasteiger partial charge in [-0.2, -0.15) is 8.42 Å². The lowest BCUT2D eigenvalue weighted by molar-refractivity contribution is -0.122. The van der Waals surface area contributed by atoms with E-state index < -0.39 is 28.0 Å². The topological polar surface area (TPSA) is 104 Å². The molecule has 0 fully saturated rings. The zero-order chi connectivity index (χ0) is 34.7.